The van der Waals surface area contributed by atoms with Crippen molar-refractivity contribution in [1.29, 1.82) is 0 Å². The molecular formula is C25H19Cl2NO4. The van der Waals surface area contributed by atoms with E-state index in [1.165, 1.54) is 12.1 Å². The lowest BCUT2D eigenvalue weighted by molar-refractivity contribution is -0.122. The van der Waals surface area contributed by atoms with Gasteiger partial charge in [0.1, 0.15) is 0 Å². The zero-order chi connectivity index (χ0) is 22.8. The second-order valence-electron chi connectivity index (χ2n) is 7.34. The Balaban J connectivity index is 1.80. The quantitative estimate of drug-likeness (QED) is 0.364. The number of benzene rings is 3. The van der Waals surface area contributed by atoms with Crippen molar-refractivity contribution < 1.29 is 13.9 Å². The molecule has 0 fully saturated rings. The molecule has 0 bridgehead atoms. The number of rotatable bonds is 5. The Kier molecular flexibility index (Phi) is 6.21. The number of carbonyl (C=O) groups is 1. The third-order valence-electron chi connectivity index (χ3n) is 4.89. The second kappa shape index (κ2) is 9.07. The summed E-state index contributed by atoms with van der Waals surface area (Å²) in [7, 11) is 0. The SMILES string of the molecule is Cc1ccc(-c2oc3c(Cl)cc(Cl)cc3c(=O)c2OC(C)C(=O)Nc2ccccc2)cc1. The Morgan fingerprint density at radius 3 is 2.41 bits per heavy atom. The number of amides is 1. The van der Waals surface area contributed by atoms with Gasteiger partial charge in [-0.15, -0.1) is 0 Å². The predicted molar refractivity (Wildman–Crippen MR) is 128 cm³/mol. The molecule has 1 unspecified atom stereocenters. The molecule has 0 aliphatic rings. The van der Waals surface area contributed by atoms with Crippen molar-refractivity contribution in [2.45, 2.75) is 20.0 Å². The number of para-hydroxylation sites is 1. The molecule has 0 spiro atoms. The molecule has 5 nitrogen and oxygen atoms in total. The molecule has 1 aromatic heterocycles. The molecule has 162 valence electrons. The highest BCUT2D eigenvalue weighted by Crippen LogP contribution is 2.35. The van der Waals surface area contributed by atoms with E-state index in [4.69, 9.17) is 32.4 Å². The maximum Gasteiger partial charge on any atom is 0.265 e. The molecular weight excluding hydrogens is 449 g/mol. The van der Waals surface area contributed by atoms with Crippen LogP contribution in [0.15, 0.2) is 75.9 Å². The van der Waals surface area contributed by atoms with Gasteiger partial charge in [0, 0.05) is 16.3 Å². The molecule has 0 aliphatic carbocycles. The van der Waals surface area contributed by atoms with E-state index in [0.717, 1.165) is 5.56 Å². The molecule has 0 radical (unpaired) electrons. The molecule has 1 amide bonds. The van der Waals surface area contributed by atoms with Gasteiger partial charge in [-0.05, 0) is 38.1 Å². The first-order chi connectivity index (χ1) is 15.3. The van der Waals surface area contributed by atoms with Crippen LogP contribution in [0.2, 0.25) is 10.0 Å². The predicted octanol–water partition coefficient (Wildman–Crippen LogP) is 6.48. The largest absolute Gasteiger partial charge is 0.473 e. The minimum Gasteiger partial charge on any atom is -0.473 e. The highest BCUT2D eigenvalue weighted by molar-refractivity contribution is 6.38. The van der Waals surface area contributed by atoms with Crippen LogP contribution in [0, 0.1) is 6.92 Å². The van der Waals surface area contributed by atoms with Crippen molar-refractivity contribution in [3.63, 3.8) is 0 Å². The standard InChI is InChI=1S/C25H19Cl2NO4/c1-14-8-10-16(11-9-14)22-24(21(29)19-12-17(26)13-20(27)23(19)32-22)31-15(2)25(30)28-18-6-4-3-5-7-18/h3-13,15H,1-2H3,(H,28,30). The van der Waals surface area contributed by atoms with Gasteiger partial charge in [-0.25, -0.2) is 0 Å². The smallest absolute Gasteiger partial charge is 0.265 e. The number of anilines is 1. The fourth-order valence-electron chi connectivity index (χ4n) is 3.20. The minimum absolute atomic E-state index is 0.0876. The Morgan fingerprint density at radius 2 is 1.72 bits per heavy atom. The second-order valence-corrected chi connectivity index (χ2v) is 8.18. The van der Waals surface area contributed by atoms with Crippen LogP contribution in [-0.4, -0.2) is 12.0 Å². The summed E-state index contributed by atoms with van der Waals surface area (Å²) in [5, 5.41) is 3.43. The first-order valence-corrected chi connectivity index (χ1v) is 10.6. The van der Waals surface area contributed by atoms with Crippen LogP contribution in [0.5, 0.6) is 5.75 Å². The number of hydrogen-bond acceptors (Lipinski definition) is 4. The lowest BCUT2D eigenvalue weighted by Gasteiger charge is -2.17. The summed E-state index contributed by atoms with van der Waals surface area (Å²) >= 11 is 12.4. The number of halogens is 2. The molecule has 32 heavy (non-hydrogen) atoms. The van der Waals surface area contributed by atoms with Crippen molar-refractivity contribution in [1.82, 2.24) is 0 Å². The Hall–Kier alpha value is -3.28. The monoisotopic (exact) mass is 467 g/mol. The average Bonchev–Trinajstić information content (AvgIpc) is 2.77. The summed E-state index contributed by atoms with van der Waals surface area (Å²) in [4.78, 5) is 26.1. The van der Waals surface area contributed by atoms with Crippen molar-refractivity contribution in [3.05, 3.63) is 92.6 Å². The number of fused-ring (bicyclic) bond motifs is 1. The van der Waals surface area contributed by atoms with E-state index in [0.29, 0.717) is 16.3 Å². The van der Waals surface area contributed by atoms with Crippen LogP contribution in [0.1, 0.15) is 12.5 Å². The van der Waals surface area contributed by atoms with Gasteiger partial charge in [0.2, 0.25) is 11.2 Å². The lowest BCUT2D eigenvalue weighted by atomic mass is 10.1. The van der Waals surface area contributed by atoms with Gasteiger partial charge < -0.3 is 14.5 Å². The van der Waals surface area contributed by atoms with Crippen molar-refractivity contribution in [3.8, 4) is 17.1 Å². The molecule has 0 saturated heterocycles. The van der Waals surface area contributed by atoms with Crippen molar-refractivity contribution in [2.24, 2.45) is 0 Å². The maximum atomic E-state index is 13.4. The topological polar surface area (TPSA) is 68.5 Å². The summed E-state index contributed by atoms with van der Waals surface area (Å²) in [5.41, 5.74) is 2.01. The molecule has 1 N–H and O–H groups in total. The number of hydrogen-bond donors (Lipinski definition) is 1. The highest BCUT2D eigenvalue weighted by atomic mass is 35.5. The molecule has 3 aromatic carbocycles. The van der Waals surface area contributed by atoms with Gasteiger partial charge in [0.05, 0.1) is 10.4 Å². The summed E-state index contributed by atoms with van der Waals surface area (Å²) in [6, 6.07) is 19.3. The van der Waals surface area contributed by atoms with E-state index in [2.05, 4.69) is 5.32 Å². The van der Waals surface area contributed by atoms with Gasteiger partial charge >= 0.3 is 0 Å². The number of aryl methyl sites for hydroxylation is 1. The normalized spacial score (nSPS) is 11.9. The first kappa shape index (κ1) is 21.9. The summed E-state index contributed by atoms with van der Waals surface area (Å²) in [6.45, 7) is 3.51. The van der Waals surface area contributed by atoms with Gasteiger partial charge in [0.15, 0.2) is 17.4 Å². The van der Waals surface area contributed by atoms with E-state index < -0.39 is 17.4 Å². The molecule has 1 atom stereocenters. The highest BCUT2D eigenvalue weighted by Gasteiger charge is 2.24. The van der Waals surface area contributed by atoms with E-state index in [1.54, 1.807) is 19.1 Å². The molecule has 4 aromatic rings. The lowest BCUT2D eigenvalue weighted by Crippen LogP contribution is -2.31. The average molecular weight is 468 g/mol. The summed E-state index contributed by atoms with van der Waals surface area (Å²) in [6.07, 6.45) is -0.977. The van der Waals surface area contributed by atoms with E-state index in [1.807, 2.05) is 49.4 Å². The van der Waals surface area contributed by atoms with Crippen LogP contribution in [-0.2, 0) is 4.79 Å². The summed E-state index contributed by atoms with van der Waals surface area (Å²) < 4.78 is 11.9. The third kappa shape index (κ3) is 4.49. The van der Waals surface area contributed by atoms with Crippen LogP contribution in [0.25, 0.3) is 22.3 Å². The molecule has 7 heteroatoms. The van der Waals surface area contributed by atoms with Crippen LogP contribution in [0.3, 0.4) is 0 Å². The van der Waals surface area contributed by atoms with E-state index in [-0.39, 0.29) is 27.5 Å². The summed E-state index contributed by atoms with van der Waals surface area (Å²) in [5.74, 6) is -0.309. The number of nitrogens with one attached hydrogen (secondary N) is 1. The maximum absolute atomic E-state index is 13.4. The molecule has 0 saturated carbocycles. The molecule has 4 rings (SSSR count). The zero-order valence-electron chi connectivity index (χ0n) is 17.3. The first-order valence-electron chi connectivity index (χ1n) is 9.89. The number of ether oxygens (including phenoxy) is 1. The van der Waals surface area contributed by atoms with E-state index >= 15 is 0 Å². The van der Waals surface area contributed by atoms with Crippen LogP contribution in [0.4, 0.5) is 5.69 Å². The fraction of sp³-hybridized carbons (Fsp3) is 0.120. The van der Waals surface area contributed by atoms with Crippen LogP contribution >= 0.6 is 23.2 Å². The molecule has 1 heterocycles. The van der Waals surface area contributed by atoms with Crippen molar-refractivity contribution in [2.75, 3.05) is 5.32 Å². The fourth-order valence-corrected chi connectivity index (χ4v) is 3.74. The third-order valence-corrected chi connectivity index (χ3v) is 5.39. The van der Waals surface area contributed by atoms with Gasteiger partial charge in [-0.2, -0.15) is 0 Å². The minimum atomic E-state index is -0.977. The zero-order valence-corrected chi connectivity index (χ0v) is 18.8. The van der Waals surface area contributed by atoms with Gasteiger partial charge in [-0.1, -0.05) is 71.2 Å². The van der Waals surface area contributed by atoms with Crippen LogP contribution < -0.4 is 15.5 Å². The Bertz CT molecular complexity index is 1350. The van der Waals surface area contributed by atoms with E-state index in [9.17, 15) is 9.59 Å². The van der Waals surface area contributed by atoms with Gasteiger partial charge in [0.25, 0.3) is 5.91 Å². The molecule has 0 aliphatic heterocycles. The number of carbonyl (C=O) groups excluding carboxylic acids is 1. The Morgan fingerprint density at radius 1 is 1.03 bits per heavy atom. The Labute approximate surface area is 194 Å². The van der Waals surface area contributed by atoms with Crippen molar-refractivity contribution >= 4 is 45.8 Å². The van der Waals surface area contributed by atoms with Gasteiger partial charge in [-0.3, -0.25) is 9.59 Å².